The number of carboxylic acids is 2. The fourth-order valence-electron chi connectivity index (χ4n) is 5.34. The lowest BCUT2D eigenvalue weighted by molar-refractivity contribution is -0.149. The molecule has 1 saturated heterocycles. The molecule has 0 aromatic carbocycles. The number of rotatable bonds is 23. The van der Waals surface area contributed by atoms with Crippen LogP contribution in [0.5, 0.6) is 0 Å². The monoisotopic (exact) mass is 769 g/mol. The van der Waals surface area contributed by atoms with E-state index >= 15 is 0 Å². The normalized spacial score (nSPS) is 17.1. The summed E-state index contributed by atoms with van der Waals surface area (Å²) in [7, 11) is 0. The van der Waals surface area contributed by atoms with E-state index in [0.717, 1.165) is 4.90 Å². The number of nitrogens with one attached hydrogen (secondary N) is 6. The Labute approximate surface area is 312 Å². The standard InChI is InChI=1S/C33H55N9O12/c1-6-17(4)26(35)30(50)41-27(16(2)3)31(51)37-14-23(44)36-15-24(45)39-19(9-11-22(34)43)29(49)40-20(10-12-25(46)47)28(48)38-18(5)32(52)42-13-7-8-21(42)33(53)54/h16-21,26-27H,6-15,35H2,1-5H3,(H2,34,43)(H,36,44)(H,37,51)(H,38,48)(H,39,45)(H,40,49)(H,41,50)(H,46,47)(H,53,54)/t17-,18-,19-,20-,21-,26-,27-/m0/s1. The molecule has 0 aliphatic carbocycles. The van der Waals surface area contributed by atoms with Crippen molar-refractivity contribution < 1.29 is 58.2 Å². The maximum Gasteiger partial charge on any atom is 0.326 e. The van der Waals surface area contributed by atoms with Crippen molar-refractivity contribution in [3.05, 3.63) is 0 Å². The van der Waals surface area contributed by atoms with Gasteiger partial charge in [-0.2, -0.15) is 0 Å². The van der Waals surface area contributed by atoms with Crippen molar-refractivity contribution in [3.63, 3.8) is 0 Å². The van der Waals surface area contributed by atoms with Gasteiger partial charge in [0.05, 0.1) is 19.1 Å². The highest BCUT2D eigenvalue weighted by atomic mass is 16.4. The third-order valence-corrected chi connectivity index (χ3v) is 8.84. The van der Waals surface area contributed by atoms with Crippen molar-refractivity contribution in [3.8, 4) is 0 Å². The molecule has 21 nitrogen and oxygen atoms in total. The number of carboxylic acid groups (broad SMARTS) is 2. The number of primary amides is 1. The number of carbonyl (C=O) groups excluding carboxylic acids is 8. The van der Waals surface area contributed by atoms with E-state index in [-0.39, 0.29) is 31.2 Å². The molecule has 1 aliphatic rings. The van der Waals surface area contributed by atoms with E-state index in [4.69, 9.17) is 11.5 Å². The molecule has 1 aliphatic heterocycles. The highest BCUT2D eigenvalue weighted by Crippen LogP contribution is 2.18. The molecule has 54 heavy (non-hydrogen) atoms. The number of likely N-dealkylation sites (tertiary alicyclic amines) is 1. The van der Waals surface area contributed by atoms with Crippen LogP contribution >= 0.6 is 0 Å². The summed E-state index contributed by atoms with van der Waals surface area (Å²) in [5, 5.41) is 32.8. The average Bonchev–Trinajstić information content (AvgIpc) is 3.61. The van der Waals surface area contributed by atoms with Gasteiger partial charge in [-0.25, -0.2) is 4.79 Å². The van der Waals surface area contributed by atoms with Crippen LogP contribution in [0.1, 0.15) is 79.6 Å². The van der Waals surface area contributed by atoms with Gasteiger partial charge in [0.2, 0.25) is 47.3 Å². The van der Waals surface area contributed by atoms with E-state index in [1.807, 2.05) is 6.92 Å². The first-order chi connectivity index (χ1) is 25.2. The molecule has 0 aromatic heterocycles. The van der Waals surface area contributed by atoms with Crippen LogP contribution in [0.15, 0.2) is 0 Å². The molecule has 0 saturated carbocycles. The van der Waals surface area contributed by atoms with Gasteiger partial charge in [-0.05, 0) is 44.4 Å². The Morgan fingerprint density at radius 3 is 1.87 bits per heavy atom. The number of nitrogens with zero attached hydrogens (tertiary/aromatic N) is 1. The Hall–Kier alpha value is -5.34. The molecule has 304 valence electrons. The van der Waals surface area contributed by atoms with Gasteiger partial charge in [-0.1, -0.05) is 34.1 Å². The van der Waals surface area contributed by atoms with Crippen molar-refractivity contribution in [2.24, 2.45) is 23.3 Å². The lowest BCUT2D eigenvalue weighted by Gasteiger charge is -2.27. The molecule has 12 N–H and O–H groups in total. The first-order valence-electron chi connectivity index (χ1n) is 17.7. The van der Waals surface area contributed by atoms with Gasteiger partial charge < -0.3 is 58.5 Å². The summed E-state index contributed by atoms with van der Waals surface area (Å²) in [6.45, 7) is 7.21. The van der Waals surface area contributed by atoms with Gasteiger partial charge in [-0.15, -0.1) is 0 Å². The van der Waals surface area contributed by atoms with Gasteiger partial charge in [-0.3, -0.25) is 43.2 Å². The van der Waals surface area contributed by atoms with Crippen LogP contribution in [0.2, 0.25) is 0 Å². The molecule has 0 aromatic rings. The van der Waals surface area contributed by atoms with Gasteiger partial charge in [0.25, 0.3) is 0 Å². The van der Waals surface area contributed by atoms with Crippen molar-refractivity contribution in [2.75, 3.05) is 19.6 Å². The van der Waals surface area contributed by atoms with Gasteiger partial charge in [0, 0.05) is 19.4 Å². The van der Waals surface area contributed by atoms with Crippen LogP contribution in [0.4, 0.5) is 0 Å². The van der Waals surface area contributed by atoms with Crippen LogP contribution in [0, 0.1) is 11.8 Å². The number of amides is 8. The third-order valence-electron chi connectivity index (χ3n) is 8.84. The molecule has 1 heterocycles. The molecule has 21 heteroatoms. The molecule has 0 radical (unpaired) electrons. The lowest BCUT2D eigenvalue weighted by atomic mass is 9.97. The van der Waals surface area contributed by atoms with Crippen LogP contribution in [-0.2, 0) is 47.9 Å². The number of hydrogen-bond donors (Lipinski definition) is 10. The first kappa shape index (κ1) is 46.7. The zero-order valence-electron chi connectivity index (χ0n) is 31.3. The Balaban J connectivity index is 2.90. The van der Waals surface area contributed by atoms with Crippen molar-refractivity contribution in [1.82, 2.24) is 36.8 Å². The Morgan fingerprint density at radius 2 is 1.31 bits per heavy atom. The molecule has 0 unspecified atom stereocenters. The number of aliphatic carboxylic acids is 2. The van der Waals surface area contributed by atoms with Gasteiger partial charge >= 0.3 is 11.9 Å². The predicted molar refractivity (Wildman–Crippen MR) is 189 cm³/mol. The molecule has 0 bridgehead atoms. The summed E-state index contributed by atoms with van der Waals surface area (Å²) < 4.78 is 0. The zero-order valence-corrected chi connectivity index (χ0v) is 31.3. The van der Waals surface area contributed by atoms with Crippen LogP contribution < -0.4 is 43.4 Å². The van der Waals surface area contributed by atoms with Crippen molar-refractivity contribution in [1.29, 1.82) is 0 Å². The second-order valence-electron chi connectivity index (χ2n) is 13.5. The van der Waals surface area contributed by atoms with E-state index in [9.17, 15) is 58.2 Å². The predicted octanol–water partition coefficient (Wildman–Crippen LogP) is -3.59. The summed E-state index contributed by atoms with van der Waals surface area (Å²) in [6.07, 6.45) is -0.481. The molecular weight excluding hydrogens is 714 g/mol. The average molecular weight is 770 g/mol. The summed E-state index contributed by atoms with van der Waals surface area (Å²) in [5.74, 6) is -9.46. The maximum atomic E-state index is 13.3. The van der Waals surface area contributed by atoms with Crippen molar-refractivity contribution in [2.45, 2.75) is 116 Å². The Morgan fingerprint density at radius 1 is 0.741 bits per heavy atom. The molecule has 8 amide bonds. The third kappa shape index (κ3) is 15.7. The fraction of sp³-hybridized carbons (Fsp3) is 0.697. The quantitative estimate of drug-likeness (QED) is 0.0481. The minimum absolute atomic E-state index is 0.140. The largest absolute Gasteiger partial charge is 0.481 e. The zero-order chi connectivity index (χ0) is 41.3. The fourth-order valence-corrected chi connectivity index (χ4v) is 5.34. The molecule has 0 spiro atoms. The van der Waals surface area contributed by atoms with Crippen LogP contribution in [0.3, 0.4) is 0 Å². The first-order valence-corrected chi connectivity index (χ1v) is 17.7. The Kier molecular flexibility index (Phi) is 19.6. The van der Waals surface area contributed by atoms with Gasteiger partial charge in [0.1, 0.15) is 30.2 Å². The lowest BCUT2D eigenvalue weighted by Crippen LogP contribution is -2.57. The van der Waals surface area contributed by atoms with Crippen LogP contribution in [-0.4, -0.2) is 130 Å². The minimum Gasteiger partial charge on any atom is -0.481 e. The summed E-state index contributed by atoms with van der Waals surface area (Å²) in [5.41, 5.74) is 11.2. The van der Waals surface area contributed by atoms with E-state index in [2.05, 4.69) is 31.9 Å². The van der Waals surface area contributed by atoms with Crippen LogP contribution in [0.25, 0.3) is 0 Å². The van der Waals surface area contributed by atoms with E-state index in [1.165, 1.54) is 6.92 Å². The second-order valence-corrected chi connectivity index (χ2v) is 13.5. The highest BCUT2D eigenvalue weighted by Gasteiger charge is 2.37. The molecular formula is C33H55N9O12. The number of carbonyl (C=O) groups is 10. The number of hydrogen-bond acceptors (Lipinski definition) is 11. The highest BCUT2D eigenvalue weighted by molar-refractivity contribution is 5.96. The molecule has 1 fully saturated rings. The smallest absolute Gasteiger partial charge is 0.326 e. The Bertz CT molecular complexity index is 1410. The maximum absolute atomic E-state index is 13.3. The minimum atomic E-state index is -1.54. The topological polar surface area (TPSA) is 339 Å². The van der Waals surface area contributed by atoms with Crippen molar-refractivity contribution >= 4 is 59.2 Å². The van der Waals surface area contributed by atoms with E-state index < -0.39 is 128 Å². The SMILES string of the molecule is CC[C@H](C)[C@H](N)C(=O)N[C@H](C(=O)NCC(=O)NCC(=O)N[C@@H](CCC(N)=O)C(=O)N[C@@H](CCC(=O)O)C(=O)N[C@@H](C)C(=O)N1CCC[C@H]1C(=O)O)C(C)C. The van der Waals surface area contributed by atoms with E-state index in [1.54, 1.807) is 20.8 Å². The summed E-state index contributed by atoms with van der Waals surface area (Å²) in [4.78, 5) is 125. The second kappa shape index (κ2) is 22.7. The summed E-state index contributed by atoms with van der Waals surface area (Å²) in [6, 6.07) is -7.22. The molecule has 7 atom stereocenters. The summed E-state index contributed by atoms with van der Waals surface area (Å²) >= 11 is 0. The van der Waals surface area contributed by atoms with Gasteiger partial charge in [0.15, 0.2) is 0 Å². The number of nitrogens with two attached hydrogens (primary N) is 2. The molecule has 1 rings (SSSR count). The van der Waals surface area contributed by atoms with E-state index in [0.29, 0.717) is 12.8 Å².